The maximum absolute atomic E-state index is 12.9. The number of anilines is 1. The molecule has 0 spiro atoms. The molecule has 0 fully saturated rings. The van der Waals surface area contributed by atoms with Crippen LogP contribution in [-0.2, 0) is 9.53 Å². The molecule has 0 saturated heterocycles. The van der Waals surface area contributed by atoms with E-state index in [2.05, 4.69) is 10.4 Å². The fourth-order valence-electron chi connectivity index (χ4n) is 3.34. The van der Waals surface area contributed by atoms with Crippen LogP contribution in [0.2, 0.25) is 0 Å². The van der Waals surface area contributed by atoms with Crippen molar-refractivity contribution in [3.8, 4) is 28.4 Å². The van der Waals surface area contributed by atoms with Gasteiger partial charge in [-0.2, -0.15) is 5.10 Å². The van der Waals surface area contributed by atoms with E-state index in [1.165, 1.54) is 18.9 Å². The number of rotatable bonds is 8. The fraction of sp³-hybridized carbons (Fsp3) is 0.115. The smallest absolute Gasteiger partial charge is 0.357 e. The Morgan fingerprint density at radius 3 is 2.26 bits per heavy atom. The van der Waals surface area contributed by atoms with E-state index in [0.29, 0.717) is 28.6 Å². The lowest BCUT2D eigenvalue weighted by Gasteiger charge is -2.12. The van der Waals surface area contributed by atoms with Gasteiger partial charge in [0.05, 0.1) is 31.3 Å². The van der Waals surface area contributed by atoms with Crippen LogP contribution in [0.4, 0.5) is 5.69 Å². The Kier molecular flexibility index (Phi) is 6.88. The van der Waals surface area contributed by atoms with E-state index in [4.69, 9.17) is 14.2 Å². The Morgan fingerprint density at radius 2 is 1.59 bits per heavy atom. The minimum atomic E-state index is -0.671. The summed E-state index contributed by atoms with van der Waals surface area (Å²) in [5.41, 5.74) is 2.81. The summed E-state index contributed by atoms with van der Waals surface area (Å²) < 4.78 is 17.3. The van der Waals surface area contributed by atoms with Crippen LogP contribution in [0.25, 0.3) is 16.9 Å². The summed E-state index contributed by atoms with van der Waals surface area (Å²) in [6.45, 7) is -0.478. The Morgan fingerprint density at radius 1 is 0.882 bits per heavy atom. The van der Waals surface area contributed by atoms with Crippen LogP contribution < -0.4 is 14.8 Å². The number of carbonyl (C=O) groups excluding carboxylic acids is 2. The first-order chi connectivity index (χ1) is 16.6. The van der Waals surface area contributed by atoms with Crippen molar-refractivity contribution in [2.45, 2.75) is 0 Å². The predicted molar refractivity (Wildman–Crippen MR) is 127 cm³/mol. The molecule has 1 heterocycles. The second-order valence-corrected chi connectivity index (χ2v) is 7.22. The molecular weight excluding hydrogens is 434 g/mol. The Labute approximate surface area is 196 Å². The van der Waals surface area contributed by atoms with Crippen molar-refractivity contribution in [3.05, 3.63) is 90.6 Å². The van der Waals surface area contributed by atoms with E-state index in [-0.39, 0.29) is 5.69 Å². The van der Waals surface area contributed by atoms with Crippen molar-refractivity contribution >= 4 is 17.6 Å². The van der Waals surface area contributed by atoms with Gasteiger partial charge >= 0.3 is 5.97 Å². The van der Waals surface area contributed by atoms with Crippen LogP contribution >= 0.6 is 0 Å². The highest BCUT2D eigenvalue weighted by molar-refractivity contribution is 5.96. The van der Waals surface area contributed by atoms with Crippen LogP contribution in [0, 0.1) is 0 Å². The predicted octanol–water partition coefficient (Wildman–Crippen LogP) is 4.35. The molecule has 0 atom stereocenters. The van der Waals surface area contributed by atoms with E-state index in [1.54, 1.807) is 24.3 Å². The quantitative estimate of drug-likeness (QED) is 0.396. The molecule has 4 aromatic rings. The van der Waals surface area contributed by atoms with Crippen molar-refractivity contribution in [2.75, 3.05) is 26.1 Å². The number of benzene rings is 3. The number of carbonyl (C=O) groups is 2. The summed E-state index contributed by atoms with van der Waals surface area (Å²) in [5, 5.41) is 7.27. The van der Waals surface area contributed by atoms with Crippen LogP contribution in [0.15, 0.2) is 84.9 Å². The highest BCUT2D eigenvalue weighted by atomic mass is 16.5. The molecule has 0 unspecified atom stereocenters. The number of hydrogen-bond acceptors (Lipinski definition) is 6. The summed E-state index contributed by atoms with van der Waals surface area (Å²) in [5.74, 6) is -0.167. The Balaban J connectivity index is 1.51. The molecule has 0 saturated carbocycles. The van der Waals surface area contributed by atoms with Gasteiger partial charge in [-0.3, -0.25) is 4.79 Å². The van der Waals surface area contributed by atoms with Gasteiger partial charge in [0.2, 0.25) is 0 Å². The minimum Gasteiger partial charge on any atom is -0.497 e. The van der Waals surface area contributed by atoms with Crippen molar-refractivity contribution < 1.29 is 23.8 Å². The number of aromatic nitrogens is 2. The van der Waals surface area contributed by atoms with Gasteiger partial charge in [-0.25, -0.2) is 9.48 Å². The molecule has 0 aliphatic carbocycles. The zero-order chi connectivity index (χ0) is 23.9. The van der Waals surface area contributed by atoms with Crippen molar-refractivity contribution in [3.63, 3.8) is 0 Å². The number of nitrogens with zero attached hydrogens (tertiary/aromatic N) is 2. The van der Waals surface area contributed by atoms with Crippen LogP contribution in [-0.4, -0.2) is 42.5 Å². The van der Waals surface area contributed by atoms with E-state index >= 15 is 0 Å². The summed E-state index contributed by atoms with van der Waals surface area (Å²) >= 11 is 0. The number of para-hydroxylation sites is 1. The van der Waals surface area contributed by atoms with Gasteiger partial charge in [0.15, 0.2) is 12.3 Å². The monoisotopic (exact) mass is 457 g/mol. The lowest BCUT2D eigenvalue weighted by atomic mass is 10.1. The van der Waals surface area contributed by atoms with Crippen LogP contribution in [0.3, 0.4) is 0 Å². The third-order valence-corrected chi connectivity index (χ3v) is 5.01. The zero-order valence-corrected chi connectivity index (χ0v) is 18.7. The van der Waals surface area contributed by atoms with Gasteiger partial charge in [-0.1, -0.05) is 48.5 Å². The first kappa shape index (κ1) is 22.6. The molecule has 1 amide bonds. The molecular formula is C26H23N3O5. The molecule has 0 aliphatic heterocycles. The number of esters is 1. The molecule has 4 rings (SSSR count). The van der Waals surface area contributed by atoms with Crippen molar-refractivity contribution in [1.82, 2.24) is 9.78 Å². The van der Waals surface area contributed by atoms with Gasteiger partial charge in [0, 0.05) is 11.6 Å². The Hall–Kier alpha value is -4.59. The largest absolute Gasteiger partial charge is 0.497 e. The fourth-order valence-corrected chi connectivity index (χ4v) is 3.34. The number of methoxy groups -OCH3 is 2. The maximum Gasteiger partial charge on any atom is 0.357 e. The van der Waals surface area contributed by atoms with E-state index < -0.39 is 18.5 Å². The average Bonchev–Trinajstić information content (AvgIpc) is 3.34. The first-order valence-electron chi connectivity index (χ1n) is 10.5. The van der Waals surface area contributed by atoms with Gasteiger partial charge in [-0.05, 0) is 30.3 Å². The first-order valence-corrected chi connectivity index (χ1v) is 10.5. The van der Waals surface area contributed by atoms with Crippen LogP contribution in [0.5, 0.6) is 11.5 Å². The number of amides is 1. The lowest BCUT2D eigenvalue weighted by Crippen LogP contribution is -2.22. The number of nitrogens with one attached hydrogen (secondary N) is 1. The van der Waals surface area contributed by atoms with Gasteiger partial charge in [-0.15, -0.1) is 0 Å². The highest BCUT2D eigenvalue weighted by Crippen LogP contribution is 2.29. The average molecular weight is 457 g/mol. The molecule has 0 aliphatic rings. The second kappa shape index (κ2) is 10.4. The van der Waals surface area contributed by atoms with Crippen LogP contribution in [0.1, 0.15) is 10.5 Å². The normalized spacial score (nSPS) is 10.4. The summed E-state index contributed by atoms with van der Waals surface area (Å²) in [7, 11) is 3.02. The molecule has 1 aromatic heterocycles. The molecule has 8 nitrogen and oxygen atoms in total. The SMILES string of the molecule is COc1ccc(NC(=O)COC(=O)c2cc(-c3ccccc3)nn2-c2ccccc2)c(OC)c1. The van der Waals surface area contributed by atoms with E-state index in [9.17, 15) is 9.59 Å². The van der Waals surface area contributed by atoms with Gasteiger partial charge in [0.25, 0.3) is 5.91 Å². The van der Waals surface area contributed by atoms with Crippen molar-refractivity contribution in [1.29, 1.82) is 0 Å². The molecule has 0 radical (unpaired) electrons. The highest BCUT2D eigenvalue weighted by Gasteiger charge is 2.20. The zero-order valence-electron chi connectivity index (χ0n) is 18.7. The Bertz CT molecular complexity index is 1290. The van der Waals surface area contributed by atoms with Gasteiger partial charge < -0.3 is 19.5 Å². The molecule has 3 aromatic carbocycles. The number of ether oxygens (including phenoxy) is 3. The summed E-state index contributed by atoms with van der Waals surface area (Å²) in [4.78, 5) is 25.4. The topological polar surface area (TPSA) is 91.7 Å². The lowest BCUT2D eigenvalue weighted by molar-refractivity contribution is -0.119. The maximum atomic E-state index is 12.9. The second-order valence-electron chi connectivity index (χ2n) is 7.22. The van der Waals surface area contributed by atoms with E-state index in [1.807, 2.05) is 60.7 Å². The minimum absolute atomic E-state index is 0.208. The summed E-state index contributed by atoms with van der Waals surface area (Å²) in [6.07, 6.45) is 0. The summed E-state index contributed by atoms with van der Waals surface area (Å²) in [6, 6.07) is 25.4. The standard InChI is InChI=1S/C26H23N3O5/c1-32-20-13-14-21(24(15-20)33-2)27-25(30)17-34-26(31)23-16-22(18-9-5-3-6-10-18)28-29(23)19-11-7-4-8-12-19/h3-16H,17H2,1-2H3,(H,27,30). The molecule has 1 N–H and O–H groups in total. The third-order valence-electron chi connectivity index (χ3n) is 5.01. The number of hydrogen-bond donors (Lipinski definition) is 1. The van der Waals surface area contributed by atoms with Crippen molar-refractivity contribution in [2.24, 2.45) is 0 Å². The van der Waals surface area contributed by atoms with Gasteiger partial charge in [0.1, 0.15) is 11.5 Å². The molecule has 34 heavy (non-hydrogen) atoms. The molecule has 8 heteroatoms. The molecule has 0 bridgehead atoms. The van der Waals surface area contributed by atoms with E-state index in [0.717, 1.165) is 5.56 Å². The third kappa shape index (κ3) is 5.07. The molecule has 172 valence electrons.